The second-order valence-electron chi connectivity index (χ2n) is 5.22. The Hall–Kier alpha value is -2.68. The van der Waals surface area contributed by atoms with Gasteiger partial charge < -0.3 is 4.42 Å². The summed E-state index contributed by atoms with van der Waals surface area (Å²) in [6, 6.07) is 5.61. The van der Waals surface area contributed by atoms with Crippen molar-refractivity contribution in [2.75, 3.05) is 4.72 Å². The highest BCUT2D eigenvalue weighted by molar-refractivity contribution is 7.92. The lowest BCUT2D eigenvalue weighted by atomic mass is 10.2. The fraction of sp³-hybridized carbons (Fsp3) is 0.133. The van der Waals surface area contributed by atoms with Gasteiger partial charge in [0.2, 0.25) is 0 Å². The molecule has 1 heterocycles. The molecule has 126 valence electrons. The predicted octanol–water partition coefficient (Wildman–Crippen LogP) is 2.52. The van der Waals surface area contributed by atoms with Crippen LogP contribution in [0.25, 0.3) is 11.1 Å². The first kappa shape index (κ1) is 16.2. The van der Waals surface area contributed by atoms with Crippen LogP contribution in [0.2, 0.25) is 0 Å². The van der Waals surface area contributed by atoms with E-state index in [4.69, 9.17) is 4.42 Å². The first-order chi connectivity index (χ1) is 11.2. The second-order valence-corrected chi connectivity index (χ2v) is 6.84. The van der Waals surface area contributed by atoms with Crippen molar-refractivity contribution in [3.05, 3.63) is 58.1 Å². The quantitative estimate of drug-likeness (QED) is 0.784. The molecule has 0 radical (unpaired) electrons. The summed E-state index contributed by atoms with van der Waals surface area (Å²) in [7, 11) is -3.03. The average molecular weight is 354 g/mol. The van der Waals surface area contributed by atoms with Crippen molar-refractivity contribution in [2.45, 2.75) is 11.8 Å². The number of anilines is 1. The number of rotatable bonds is 3. The predicted molar refractivity (Wildman–Crippen MR) is 83.4 cm³/mol. The van der Waals surface area contributed by atoms with E-state index in [1.54, 1.807) is 6.92 Å². The summed E-state index contributed by atoms with van der Waals surface area (Å²) in [5.41, 5.74) is 1.14. The Kier molecular flexibility index (Phi) is 3.67. The van der Waals surface area contributed by atoms with Gasteiger partial charge in [-0.2, -0.15) is 0 Å². The van der Waals surface area contributed by atoms with Gasteiger partial charge >= 0.3 is 5.76 Å². The van der Waals surface area contributed by atoms with Gasteiger partial charge in [-0.3, -0.25) is 9.29 Å². The van der Waals surface area contributed by atoms with Crippen LogP contribution in [0, 0.1) is 18.6 Å². The number of oxazole rings is 1. The molecule has 0 aliphatic heterocycles. The molecule has 0 saturated carbocycles. The monoisotopic (exact) mass is 354 g/mol. The van der Waals surface area contributed by atoms with Crippen LogP contribution in [0.4, 0.5) is 14.5 Å². The zero-order valence-electron chi connectivity index (χ0n) is 12.6. The van der Waals surface area contributed by atoms with Crippen LogP contribution in [-0.2, 0) is 17.1 Å². The molecule has 0 unspecified atom stereocenters. The molecule has 0 spiro atoms. The minimum Gasteiger partial charge on any atom is -0.408 e. The van der Waals surface area contributed by atoms with Gasteiger partial charge in [-0.1, -0.05) is 6.07 Å². The van der Waals surface area contributed by atoms with Gasteiger partial charge in [-0.05, 0) is 36.8 Å². The van der Waals surface area contributed by atoms with Crippen LogP contribution >= 0.6 is 0 Å². The van der Waals surface area contributed by atoms with Crippen molar-refractivity contribution in [3.63, 3.8) is 0 Å². The van der Waals surface area contributed by atoms with Crippen LogP contribution in [0.1, 0.15) is 5.56 Å². The zero-order valence-corrected chi connectivity index (χ0v) is 13.4. The van der Waals surface area contributed by atoms with Crippen molar-refractivity contribution in [1.29, 1.82) is 0 Å². The smallest absolute Gasteiger partial charge is 0.408 e. The molecule has 6 nitrogen and oxygen atoms in total. The Morgan fingerprint density at radius 3 is 2.42 bits per heavy atom. The highest BCUT2D eigenvalue weighted by atomic mass is 32.2. The van der Waals surface area contributed by atoms with Gasteiger partial charge in [0, 0.05) is 7.05 Å². The zero-order chi connectivity index (χ0) is 17.6. The average Bonchev–Trinajstić information content (AvgIpc) is 2.73. The maximum absolute atomic E-state index is 13.8. The number of aryl methyl sites for hydroxylation is 2. The Balaban J connectivity index is 2.14. The molecule has 1 N–H and O–H groups in total. The van der Waals surface area contributed by atoms with Crippen molar-refractivity contribution in [1.82, 2.24) is 4.57 Å². The summed E-state index contributed by atoms with van der Waals surface area (Å²) >= 11 is 0. The topological polar surface area (TPSA) is 81.3 Å². The molecular formula is C15H12F2N2O4S. The Morgan fingerprint density at radius 2 is 1.79 bits per heavy atom. The lowest BCUT2D eigenvalue weighted by Crippen LogP contribution is -2.17. The highest BCUT2D eigenvalue weighted by Crippen LogP contribution is 2.27. The highest BCUT2D eigenvalue weighted by Gasteiger charge is 2.25. The van der Waals surface area contributed by atoms with Crippen molar-refractivity contribution >= 4 is 26.8 Å². The van der Waals surface area contributed by atoms with Crippen LogP contribution in [0.5, 0.6) is 0 Å². The fourth-order valence-electron chi connectivity index (χ4n) is 2.32. The number of sulfonamides is 1. The molecule has 3 rings (SSSR count). The summed E-state index contributed by atoms with van der Waals surface area (Å²) in [5, 5.41) is 0. The first-order valence-corrected chi connectivity index (χ1v) is 8.26. The molecule has 1 aromatic heterocycles. The molecule has 0 atom stereocenters. The third-order valence-corrected chi connectivity index (χ3v) is 4.99. The number of aromatic nitrogens is 1. The SMILES string of the molecule is Cc1cc2oc(=O)n(C)c2cc1NS(=O)(=O)c1c(F)cccc1F. The molecular weight excluding hydrogens is 342 g/mol. The lowest BCUT2D eigenvalue weighted by molar-refractivity contribution is 0.521. The Morgan fingerprint density at radius 1 is 1.17 bits per heavy atom. The first-order valence-electron chi connectivity index (χ1n) is 6.78. The van der Waals surface area contributed by atoms with Crippen LogP contribution < -0.4 is 10.5 Å². The third-order valence-electron chi connectivity index (χ3n) is 3.57. The van der Waals surface area contributed by atoms with Crippen LogP contribution in [0.15, 0.2) is 44.4 Å². The Labute approximate surface area is 135 Å². The van der Waals surface area contributed by atoms with Gasteiger partial charge in [0.25, 0.3) is 10.0 Å². The van der Waals surface area contributed by atoms with E-state index in [0.717, 1.165) is 18.2 Å². The molecule has 0 aliphatic carbocycles. The molecule has 3 aromatic rings. The van der Waals surface area contributed by atoms with E-state index in [2.05, 4.69) is 4.72 Å². The lowest BCUT2D eigenvalue weighted by Gasteiger charge is -2.12. The van der Waals surface area contributed by atoms with Gasteiger partial charge in [0.15, 0.2) is 10.5 Å². The van der Waals surface area contributed by atoms with E-state index >= 15 is 0 Å². The minimum atomic E-state index is -4.49. The molecule has 0 saturated heterocycles. The molecule has 9 heteroatoms. The second kappa shape index (κ2) is 5.45. The summed E-state index contributed by atoms with van der Waals surface area (Å²) in [6.07, 6.45) is 0. The number of benzene rings is 2. The van der Waals surface area contributed by atoms with E-state index in [0.29, 0.717) is 11.1 Å². The van der Waals surface area contributed by atoms with E-state index in [9.17, 15) is 22.0 Å². The van der Waals surface area contributed by atoms with Crippen LogP contribution in [0.3, 0.4) is 0 Å². The van der Waals surface area contributed by atoms with Crippen molar-refractivity contribution in [2.24, 2.45) is 7.05 Å². The standard InChI is InChI=1S/C15H12F2N2O4S/c1-8-6-13-12(19(2)15(20)23-13)7-11(8)18-24(21,22)14-9(16)4-3-5-10(14)17/h3-7,18H,1-2H3. The van der Waals surface area contributed by atoms with Crippen LogP contribution in [-0.4, -0.2) is 13.0 Å². The van der Waals surface area contributed by atoms with E-state index < -0.39 is 32.3 Å². The summed E-state index contributed by atoms with van der Waals surface area (Å²) in [6.45, 7) is 1.57. The fourth-order valence-corrected chi connectivity index (χ4v) is 3.58. The normalized spacial score (nSPS) is 11.8. The van der Waals surface area contributed by atoms with Gasteiger partial charge in [-0.15, -0.1) is 0 Å². The summed E-state index contributed by atoms with van der Waals surface area (Å²) in [4.78, 5) is 10.5. The largest absolute Gasteiger partial charge is 0.419 e. The molecule has 0 fully saturated rings. The van der Waals surface area contributed by atoms with Gasteiger partial charge in [0.05, 0.1) is 11.2 Å². The number of nitrogens with zero attached hydrogens (tertiary/aromatic N) is 1. The number of hydrogen-bond acceptors (Lipinski definition) is 4. The molecule has 0 bridgehead atoms. The Bertz CT molecular complexity index is 1100. The summed E-state index contributed by atoms with van der Waals surface area (Å²) < 4.78 is 60.5. The van der Waals surface area contributed by atoms with Gasteiger partial charge in [0.1, 0.15) is 11.6 Å². The van der Waals surface area contributed by atoms with E-state index in [1.807, 2.05) is 0 Å². The molecule has 0 aliphatic rings. The summed E-state index contributed by atoms with van der Waals surface area (Å²) in [5.74, 6) is -3.00. The molecule has 2 aromatic carbocycles. The minimum absolute atomic E-state index is 0.0848. The number of nitrogens with one attached hydrogen (secondary N) is 1. The number of fused-ring (bicyclic) bond motifs is 1. The van der Waals surface area contributed by atoms with Crippen molar-refractivity contribution < 1.29 is 21.6 Å². The van der Waals surface area contributed by atoms with E-state index in [1.165, 1.54) is 23.7 Å². The maximum atomic E-state index is 13.8. The maximum Gasteiger partial charge on any atom is 0.419 e. The van der Waals surface area contributed by atoms with Crippen molar-refractivity contribution in [3.8, 4) is 0 Å². The molecule has 24 heavy (non-hydrogen) atoms. The molecule has 0 amide bonds. The van der Waals surface area contributed by atoms with Gasteiger partial charge in [-0.25, -0.2) is 22.0 Å². The third kappa shape index (κ3) is 2.56. The number of hydrogen-bond donors (Lipinski definition) is 1. The van der Waals surface area contributed by atoms with E-state index in [-0.39, 0.29) is 11.3 Å². The number of halogens is 2.